The maximum atomic E-state index is 13.6. The van der Waals surface area contributed by atoms with E-state index < -0.39 is 11.6 Å². The summed E-state index contributed by atoms with van der Waals surface area (Å²) in [6.07, 6.45) is 0. The van der Waals surface area contributed by atoms with Crippen molar-refractivity contribution in [2.24, 2.45) is 5.73 Å². The lowest BCUT2D eigenvalue weighted by Gasteiger charge is -2.09. The van der Waals surface area contributed by atoms with Gasteiger partial charge in [0.1, 0.15) is 18.3 Å². The molecule has 0 heterocycles. The zero-order valence-electron chi connectivity index (χ0n) is 10.4. The van der Waals surface area contributed by atoms with E-state index in [2.05, 4.69) is 0 Å². The fraction of sp³-hybridized carbons (Fsp3) is 0.0714. The van der Waals surface area contributed by atoms with Gasteiger partial charge in [0.2, 0.25) is 0 Å². The van der Waals surface area contributed by atoms with E-state index in [4.69, 9.17) is 15.9 Å². The summed E-state index contributed by atoms with van der Waals surface area (Å²) in [5.41, 5.74) is 5.86. The number of nitrogen functional groups attached to an aromatic ring is 1. The molecule has 0 aromatic heterocycles. The van der Waals surface area contributed by atoms with Crippen LogP contribution in [0, 0.1) is 17.0 Å². The van der Waals surface area contributed by atoms with Crippen molar-refractivity contribution in [1.82, 2.24) is 0 Å². The highest BCUT2D eigenvalue weighted by Crippen LogP contribution is 2.20. The Kier molecular flexibility index (Phi) is 5.46. The maximum Gasteiger partial charge on any atom is 0.165 e. The molecule has 0 spiro atoms. The Morgan fingerprint density at radius 1 is 1.10 bits per heavy atom. The van der Waals surface area contributed by atoms with Gasteiger partial charge in [0.15, 0.2) is 11.6 Å². The topological polar surface area (TPSA) is 59.1 Å². The monoisotopic (exact) mass is 298 g/mol. The Morgan fingerprint density at radius 2 is 1.80 bits per heavy atom. The molecular formula is C14H13ClF2N2O. The van der Waals surface area contributed by atoms with Crippen LogP contribution in [0.5, 0.6) is 5.75 Å². The second-order valence-corrected chi connectivity index (χ2v) is 3.94. The van der Waals surface area contributed by atoms with Gasteiger partial charge in [-0.15, -0.1) is 12.4 Å². The fourth-order valence-electron chi connectivity index (χ4n) is 1.56. The van der Waals surface area contributed by atoms with Crippen LogP contribution in [0.4, 0.5) is 8.78 Å². The third-order valence-corrected chi connectivity index (χ3v) is 2.58. The van der Waals surface area contributed by atoms with E-state index >= 15 is 0 Å². The molecule has 6 heteroatoms. The van der Waals surface area contributed by atoms with Gasteiger partial charge in [-0.25, -0.2) is 8.78 Å². The SMILES string of the molecule is Cl.N=C(N)c1ccc(OCc2ccccc2F)c(F)c1. The van der Waals surface area contributed by atoms with Gasteiger partial charge >= 0.3 is 0 Å². The van der Waals surface area contributed by atoms with Crippen LogP contribution in [0.1, 0.15) is 11.1 Å². The largest absolute Gasteiger partial charge is 0.486 e. The first-order valence-corrected chi connectivity index (χ1v) is 5.58. The number of hydrogen-bond donors (Lipinski definition) is 2. The van der Waals surface area contributed by atoms with Crippen LogP contribution in [0.25, 0.3) is 0 Å². The van der Waals surface area contributed by atoms with Crippen molar-refractivity contribution in [2.75, 3.05) is 0 Å². The van der Waals surface area contributed by atoms with Crippen LogP contribution >= 0.6 is 12.4 Å². The second-order valence-electron chi connectivity index (χ2n) is 3.94. The van der Waals surface area contributed by atoms with Gasteiger partial charge < -0.3 is 10.5 Å². The van der Waals surface area contributed by atoms with E-state index in [1.54, 1.807) is 18.2 Å². The van der Waals surface area contributed by atoms with Crippen LogP contribution < -0.4 is 10.5 Å². The number of rotatable bonds is 4. The summed E-state index contributed by atoms with van der Waals surface area (Å²) in [6.45, 7) is -0.0665. The van der Waals surface area contributed by atoms with Crippen LogP contribution in [0.15, 0.2) is 42.5 Å². The minimum Gasteiger partial charge on any atom is -0.486 e. The third kappa shape index (κ3) is 3.68. The molecule has 2 aromatic rings. The summed E-state index contributed by atoms with van der Waals surface area (Å²) in [6, 6.07) is 10.1. The van der Waals surface area contributed by atoms with Gasteiger partial charge in [-0.2, -0.15) is 0 Å². The van der Waals surface area contributed by atoms with Crippen LogP contribution in [-0.2, 0) is 6.61 Å². The second kappa shape index (κ2) is 6.86. The Hall–Kier alpha value is -2.14. The Morgan fingerprint density at radius 3 is 2.40 bits per heavy atom. The van der Waals surface area contributed by atoms with Crippen molar-refractivity contribution in [1.29, 1.82) is 5.41 Å². The predicted octanol–water partition coefficient (Wildman–Crippen LogP) is 3.25. The summed E-state index contributed by atoms with van der Waals surface area (Å²) in [4.78, 5) is 0. The molecule has 3 N–H and O–H groups in total. The molecule has 0 saturated carbocycles. The number of nitrogens with two attached hydrogens (primary N) is 1. The Balaban J connectivity index is 0.00000200. The highest BCUT2D eigenvalue weighted by Gasteiger charge is 2.08. The molecule has 3 nitrogen and oxygen atoms in total. The normalized spacial score (nSPS) is 9.70. The van der Waals surface area contributed by atoms with E-state index in [1.807, 2.05) is 0 Å². The van der Waals surface area contributed by atoms with Gasteiger partial charge in [0.05, 0.1) is 0 Å². The quantitative estimate of drug-likeness (QED) is 0.672. The maximum absolute atomic E-state index is 13.6. The summed E-state index contributed by atoms with van der Waals surface area (Å²) in [7, 11) is 0. The number of nitrogens with one attached hydrogen (secondary N) is 1. The van der Waals surface area contributed by atoms with Gasteiger partial charge in [0, 0.05) is 11.1 Å². The molecule has 106 valence electrons. The van der Waals surface area contributed by atoms with E-state index in [-0.39, 0.29) is 36.2 Å². The summed E-state index contributed by atoms with van der Waals surface area (Å²) in [5.74, 6) is -1.26. The predicted molar refractivity (Wildman–Crippen MR) is 75.4 cm³/mol. The minimum atomic E-state index is -0.635. The molecule has 0 atom stereocenters. The van der Waals surface area contributed by atoms with Gasteiger partial charge in [-0.3, -0.25) is 5.41 Å². The minimum absolute atomic E-state index is 0. The first-order chi connectivity index (χ1) is 9.08. The lowest BCUT2D eigenvalue weighted by Crippen LogP contribution is -2.11. The molecule has 0 unspecified atom stereocenters. The molecule has 2 rings (SSSR count). The molecular weight excluding hydrogens is 286 g/mol. The highest BCUT2D eigenvalue weighted by molar-refractivity contribution is 5.95. The molecule has 0 aliphatic heterocycles. The zero-order valence-corrected chi connectivity index (χ0v) is 11.2. The number of hydrogen-bond acceptors (Lipinski definition) is 2. The first-order valence-electron chi connectivity index (χ1n) is 5.58. The van der Waals surface area contributed by atoms with Crippen LogP contribution in [0.2, 0.25) is 0 Å². The third-order valence-electron chi connectivity index (χ3n) is 2.58. The molecule has 0 saturated heterocycles. The zero-order chi connectivity index (χ0) is 13.8. The summed E-state index contributed by atoms with van der Waals surface area (Å²) < 4.78 is 32.2. The Bertz CT molecular complexity index is 620. The molecule has 0 aliphatic rings. The van der Waals surface area contributed by atoms with E-state index in [1.165, 1.54) is 18.2 Å². The van der Waals surface area contributed by atoms with E-state index in [0.29, 0.717) is 5.56 Å². The molecule has 2 aromatic carbocycles. The van der Waals surface area contributed by atoms with Crippen molar-refractivity contribution in [3.05, 3.63) is 65.2 Å². The molecule has 0 radical (unpaired) electrons. The first kappa shape index (κ1) is 15.9. The average Bonchev–Trinajstić information content (AvgIpc) is 2.39. The Labute approximate surface area is 121 Å². The van der Waals surface area contributed by atoms with Crippen molar-refractivity contribution < 1.29 is 13.5 Å². The van der Waals surface area contributed by atoms with Crippen LogP contribution in [0.3, 0.4) is 0 Å². The smallest absolute Gasteiger partial charge is 0.165 e. The van der Waals surface area contributed by atoms with Gasteiger partial charge in [0.25, 0.3) is 0 Å². The molecule has 0 bridgehead atoms. The van der Waals surface area contributed by atoms with Crippen molar-refractivity contribution in [3.63, 3.8) is 0 Å². The lowest BCUT2D eigenvalue weighted by molar-refractivity contribution is 0.285. The molecule has 0 aliphatic carbocycles. The van der Waals surface area contributed by atoms with E-state index in [9.17, 15) is 8.78 Å². The number of halogens is 3. The molecule has 20 heavy (non-hydrogen) atoms. The number of amidine groups is 1. The average molecular weight is 299 g/mol. The van der Waals surface area contributed by atoms with Crippen LogP contribution in [-0.4, -0.2) is 5.84 Å². The molecule has 0 amide bonds. The standard InChI is InChI=1S/C14H12F2N2O.ClH/c15-11-4-2-1-3-10(11)8-19-13-6-5-9(14(17)18)7-12(13)16;/h1-7H,8H2,(H3,17,18);1H. The summed E-state index contributed by atoms with van der Waals surface area (Å²) >= 11 is 0. The fourth-order valence-corrected chi connectivity index (χ4v) is 1.56. The number of benzene rings is 2. The van der Waals surface area contributed by atoms with E-state index in [0.717, 1.165) is 6.07 Å². The van der Waals surface area contributed by atoms with Gasteiger partial charge in [-0.05, 0) is 24.3 Å². The number of ether oxygens (including phenoxy) is 1. The van der Waals surface area contributed by atoms with Crippen molar-refractivity contribution in [3.8, 4) is 5.75 Å². The highest BCUT2D eigenvalue weighted by atomic mass is 35.5. The van der Waals surface area contributed by atoms with Crippen molar-refractivity contribution >= 4 is 18.2 Å². The lowest BCUT2D eigenvalue weighted by atomic mass is 10.2. The molecule has 0 fully saturated rings. The summed E-state index contributed by atoms with van der Waals surface area (Å²) in [5, 5.41) is 7.19. The van der Waals surface area contributed by atoms with Gasteiger partial charge in [-0.1, -0.05) is 18.2 Å². The van der Waals surface area contributed by atoms with Crippen molar-refractivity contribution in [2.45, 2.75) is 6.61 Å².